The Balaban J connectivity index is 1.70. The highest BCUT2D eigenvalue weighted by molar-refractivity contribution is 7.99. The summed E-state index contributed by atoms with van der Waals surface area (Å²) in [5, 5.41) is 3.50. The van der Waals surface area contributed by atoms with E-state index in [1.807, 2.05) is 13.0 Å². The maximum absolute atomic E-state index is 13.5. The molecule has 2 amide bonds. The maximum atomic E-state index is 13.5. The largest absolute Gasteiger partial charge is 0.492 e. The maximum Gasteiger partial charge on any atom is 0.266 e. The van der Waals surface area contributed by atoms with Gasteiger partial charge in [-0.25, -0.2) is 4.98 Å². The number of ether oxygens (including phenoxy) is 1. The molecule has 3 aromatic carbocycles. The van der Waals surface area contributed by atoms with Crippen LogP contribution in [0.15, 0.2) is 82.7 Å². The number of hydrogen-bond acceptors (Lipinski definition) is 6. The molecule has 1 heterocycles. The third-order valence-corrected chi connectivity index (χ3v) is 5.89. The molecule has 0 atom stereocenters. The summed E-state index contributed by atoms with van der Waals surface area (Å²) < 4.78 is 7.19. The number of anilines is 1. The van der Waals surface area contributed by atoms with E-state index < -0.39 is 5.91 Å². The number of carbonyl (C=O) groups excluding carboxylic acids is 2. The van der Waals surface area contributed by atoms with Gasteiger partial charge in [-0.2, -0.15) is 0 Å². The lowest BCUT2D eigenvalue weighted by molar-refractivity contribution is -0.113. The molecule has 0 aliphatic carbocycles. The quantitative estimate of drug-likeness (QED) is 0.298. The van der Waals surface area contributed by atoms with Gasteiger partial charge in [0, 0.05) is 0 Å². The molecule has 0 spiro atoms. The second-order valence-electron chi connectivity index (χ2n) is 7.20. The minimum Gasteiger partial charge on any atom is -0.492 e. The predicted octanol–water partition coefficient (Wildman–Crippen LogP) is 3.61. The lowest BCUT2D eigenvalue weighted by Gasteiger charge is -2.16. The first-order valence-corrected chi connectivity index (χ1v) is 11.5. The van der Waals surface area contributed by atoms with Crippen LogP contribution in [0.1, 0.15) is 17.3 Å². The molecule has 172 valence electrons. The van der Waals surface area contributed by atoms with Crippen LogP contribution in [-0.2, 0) is 4.79 Å². The highest BCUT2D eigenvalue weighted by atomic mass is 32.2. The van der Waals surface area contributed by atoms with Gasteiger partial charge in [0.1, 0.15) is 5.75 Å². The Labute approximate surface area is 199 Å². The fourth-order valence-electron chi connectivity index (χ4n) is 3.46. The zero-order valence-electron chi connectivity index (χ0n) is 18.4. The molecule has 0 aliphatic heterocycles. The van der Waals surface area contributed by atoms with Crippen molar-refractivity contribution in [3.05, 3.63) is 88.7 Å². The molecule has 0 radical (unpaired) electrons. The number of para-hydroxylation sites is 4. The molecule has 0 fully saturated rings. The molecule has 0 saturated carbocycles. The minimum absolute atomic E-state index is 0.0469. The number of nitrogens with one attached hydrogen (secondary N) is 1. The third kappa shape index (κ3) is 4.79. The molecule has 0 bridgehead atoms. The molecular weight excluding hydrogens is 452 g/mol. The number of benzene rings is 3. The number of amides is 2. The molecule has 9 heteroatoms. The van der Waals surface area contributed by atoms with Crippen molar-refractivity contribution in [1.29, 1.82) is 0 Å². The van der Waals surface area contributed by atoms with Crippen LogP contribution < -0.4 is 21.3 Å². The summed E-state index contributed by atoms with van der Waals surface area (Å²) in [6.07, 6.45) is 0. The summed E-state index contributed by atoms with van der Waals surface area (Å²) >= 11 is 1.11. The Hall–Kier alpha value is -4.11. The van der Waals surface area contributed by atoms with E-state index in [2.05, 4.69) is 10.3 Å². The normalized spacial score (nSPS) is 10.7. The number of carbonyl (C=O) groups is 2. The molecule has 1 aromatic heterocycles. The summed E-state index contributed by atoms with van der Waals surface area (Å²) in [6.45, 7) is 2.29. The van der Waals surface area contributed by atoms with Crippen molar-refractivity contribution in [2.75, 3.05) is 17.7 Å². The SMILES string of the molecule is CCOc1ccccc1-n1c(SCC(=O)Nc2ccccc2C(N)=O)nc2ccccc2c1=O. The van der Waals surface area contributed by atoms with E-state index in [1.54, 1.807) is 60.7 Å². The van der Waals surface area contributed by atoms with Crippen LogP contribution in [0, 0.1) is 0 Å². The van der Waals surface area contributed by atoms with E-state index >= 15 is 0 Å². The average molecular weight is 475 g/mol. The Kier molecular flexibility index (Phi) is 6.93. The van der Waals surface area contributed by atoms with Crippen LogP contribution in [0.3, 0.4) is 0 Å². The monoisotopic (exact) mass is 474 g/mol. The number of nitrogens with zero attached hydrogens (tertiary/aromatic N) is 2. The van der Waals surface area contributed by atoms with Gasteiger partial charge in [-0.05, 0) is 43.3 Å². The second kappa shape index (κ2) is 10.2. The Bertz CT molecular complexity index is 1430. The average Bonchev–Trinajstić information content (AvgIpc) is 2.84. The molecule has 4 rings (SSSR count). The second-order valence-corrected chi connectivity index (χ2v) is 8.14. The van der Waals surface area contributed by atoms with Gasteiger partial charge in [-0.3, -0.25) is 19.0 Å². The van der Waals surface area contributed by atoms with E-state index in [-0.39, 0.29) is 22.8 Å². The lowest BCUT2D eigenvalue weighted by Crippen LogP contribution is -2.24. The zero-order chi connectivity index (χ0) is 24.1. The number of hydrogen-bond donors (Lipinski definition) is 2. The third-order valence-electron chi connectivity index (χ3n) is 4.95. The van der Waals surface area contributed by atoms with Crippen molar-refractivity contribution >= 4 is 40.2 Å². The van der Waals surface area contributed by atoms with Crippen molar-refractivity contribution in [3.63, 3.8) is 0 Å². The van der Waals surface area contributed by atoms with Crippen LogP contribution in [0.2, 0.25) is 0 Å². The predicted molar refractivity (Wildman–Crippen MR) is 133 cm³/mol. The van der Waals surface area contributed by atoms with Gasteiger partial charge in [0.15, 0.2) is 5.16 Å². The van der Waals surface area contributed by atoms with Crippen LogP contribution >= 0.6 is 11.8 Å². The fraction of sp³-hybridized carbons (Fsp3) is 0.120. The highest BCUT2D eigenvalue weighted by Crippen LogP contribution is 2.27. The van der Waals surface area contributed by atoms with Crippen molar-refractivity contribution < 1.29 is 14.3 Å². The van der Waals surface area contributed by atoms with Gasteiger partial charge in [-0.15, -0.1) is 0 Å². The lowest BCUT2D eigenvalue weighted by atomic mass is 10.1. The van der Waals surface area contributed by atoms with E-state index in [4.69, 9.17) is 10.5 Å². The van der Waals surface area contributed by atoms with Gasteiger partial charge in [0.2, 0.25) is 5.91 Å². The fourth-order valence-corrected chi connectivity index (χ4v) is 4.27. The van der Waals surface area contributed by atoms with Gasteiger partial charge in [0.25, 0.3) is 11.5 Å². The number of nitrogens with two attached hydrogens (primary N) is 1. The highest BCUT2D eigenvalue weighted by Gasteiger charge is 2.18. The van der Waals surface area contributed by atoms with E-state index in [9.17, 15) is 14.4 Å². The first kappa shape index (κ1) is 23.1. The van der Waals surface area contributed by atoms with Gasteiger partial charge in [0.05, 0.1) is 40.2 Å². The van der Waals surface area contributed by atoms with Crippen LogP contribution in [0.5, 0.6) is 5.75 Å². The van der Waals surface area contributed by atoms with Crippen molar-refractivity contribution in [1.82, 2.24) is 9.55 Å². The summed E-state index contributed by atoms with van der Waals surface area (Å²) in [4.78, 5) is 42.5. The summed E-state index contributed by atoms with van der Waals surface area (Å²) in [5.41, 5.74) is 6.73. The molecule has 34 heavy (non-hydrogen) atoms. The topological polar surface area (TPSA) is 116 Å². The van der Waals surface area contributed by atoms with E-state index in [1.165, 1.54) is 10.6 Å². The number of fused-ring (bicyclic) bond motifs is 1. The first-order chi connectivity index (χ1) is 16.5. The van der Waals surface area contributed by atoms with Gasteiger partial charge < -0.3 is 15.8 Å². The van der Waals surface area contributed by atoms with Crippen LogP contribution in [-0.4, -0.2) is 33.7 Å². The number of thioether (sulfide) groups is 1. The molecule has 8 nitrogen and oxygen atoms in total. The molecule has 0 aliphatic rings. The Morgan fingerprint density at radius 2 is 1.74 bits per heavy atom. The van der Waals surface area contributed by atoms with Crippen LogP contribution in [0.4, 0.5) is 5.69 Å². The summed E-state index contributed by atoms with van der Waals surface area (Å²) in [5.74, 6) is -0.521. The minimum atomic E-state index is -0.638. The van der Waals surface area contributed by atoms with Crippen molar-refractivity contribution in [2.45, 2.75) is 12.1 Å². The molecule has 4 aromatic rings. The Morgan fingerprint density at radius 3 is 2.53 bits per heavy atom. The van der Waals surface area contributed by atoms with Crippen molar-refractivity contribution in [2.24, 2.45) is 5.73 Å². The van der Waals surface area contributed by atoms with Crippen LogP contribution in [0.25, 0.3) is 16.6 Å². The summed E-state index contributed by atoms with van der Waals surface area (Å²) in [7, 11) is 0. The number of aromatic nitrogens is 2. The number of primary amides is 1. The standard InChI is InChI=1S/C25H22N4O4S/c1-2-33-21-14-8-7-13-20(21)29-24(32)17-10-4-6-12-19(17)28-25(29)34-15-22(30)27-18-11-5-3-9-16(18)23(26)31/h3-14H,2,15H2,1H3,(H2,26,31)(H,27,30). The smallest absolute Gasteiger partial charge is 0.266 e. The Morgan fingerprint density at radius 1 is 1.03 bits per heavy atom. The van der Waals surface area contributed by atoms with Crippen molar-refractivity contribution in [3.8, 4) is 11.4 Å². The van der Waals surface area contributed by atoms with E-state index in [0.29, 0.717) is 39.8 Å². The molecule has 0 unspecified atom stereocenters. The zero-order valence-corrected chi connectivity index (χ0v) is 19.2. The number of rotatable bonds is 8. The van der Waals surface area contributed by atoms with Gasteiger partial charge >= 0.3 is 0 Å². The molecule has 3 N–H and O–H groups in total. The first-order valence-electron chi connectivity index (χ1n) is 10.5. The molecule has 0 saturated heterocycles. The van der Waals surface area contributed by atoms with Gasteiger partial charge in [-0.1, -0.05) is 48.2 Å². The molecular formula is C25H22N4O4S. The summed E-state index contributed by atoms with van der Waals surface area (Å²) in [6, 6.07) is 20.7. The van der Waals surface area contributed by atoms with E-state index in [0.717, 1.165) is 11.8 Å².